The number of nitrogens with zero attached hydrogens (tertiary/aromatic N) is 1. The summed E-state index contributed by atoms with van der Waals surface area (Å²) >= 11 is 0. The monoisotopic (exact) mass is 409 g/mol. The van der Waals surface area contributed by atoms with Crippen LogP contribution in [-0.2, 0) is 16.6 Å². The van der Waals surface area contributed by atoms with Crippen LogP contribution in [0.15, 0.2) is 32.7 Å². The van der Waals surface area contributed by atoms with Gasteiger partial charge in [0, 0.05) is 11.3 Å². The standard InChI is InChI=1S/C17H20N4O6S/c1-11-15(16(22)19-17(23)18-11)28(24,25)21-6-4-20(5-7-21)9-12-2-3-13-14(8-12)27-10-26-13/h2-3,8H,4-7,9-10H2,1H3,(H2,18,19,22,23)/p+1. The maximum atomic E-state index is 12.9. The molecule has 4 rings (SSSR count). The molecule has 2 aliphatic heterocycles. The van der Waals surface area contributed by atoms with Crippen molar-refractivity contribution in [3.8, 4) is 11.5 Å². The van der Waals surface area contributed by atoms with E-state index in [2.05, 4.69) is 4.98 Å². The van der Waals surface area contributed by atoms with Crippen molar-refractivity contribution in [2.45, 2.75) is 18.4 Å². The number of sulfonamides is 1. The molecule has 0 aliphatic carbocycles. The van der Waals surface area contributed by atoms with Gasteiger partial charge < -0.3 is 19.4 Å². The highest BCUT2D eigenvalue weighted by Crippen LogP contribution is 2.32. The van der Waals surface area contributed by atoms with E-state index in [1.54, 1.807) is 0 Å². The number of quaternary nitrogens is 1. The van der Waals surface area contributed by atoms with Crippen LogP contribution in [-0.4, -0.2) is 55.7 Å². The largest absolute Gasteiger partial charge is 0.454 e. The topological polar surface area (TPSA) is 126 Å². The summed E-state index contributed by atoms with van der Waals surface area (Å²) in [5.41, 5.74) is -0.483. The van der Waals surface area contributed by atoms with Crippen molar-refractivity contribution >= 4 is 10.0 Å². The predicted molar refractivity (Wildman–Crippen MR) is 98.1 cm³/mol. The number of nitrogens with one attached hydrogen (secondary N) is 3. The van der Waals surface area contributed by atoms with Gasteiger partial charge in [0.05, 0.1) is 26.2 Å². The van der Waals surface area contributed by atoms with Crippen LogP contribution in [0.1, 0.15) is 11.3 Å². The third-order valence-electron chi connectivity index (χ3n) is 4.99. The summed E-state index contributed by atoms with van der Waals surface area (Å²) in [6, 6.07) is 5.80. The van der Waals surface area contributed by atoms with E-state index < -0.39 is 26.2 Å². The Hall–Kier alpha value is -2.63. The number of aryl methyl sites for hydroxylation is 1. The maximum absolute atomic E-state index is 12.9. The summed E-state index contributed by atoms with van der Waals surface area (Å²) in [7, 11) is -3.97. The van der Waals surface area contributed by atoms with Crippen LogP contribution < -0.4 is 25.6 Å². The highest BCUT2D eigenvalue weighted by Gasteiger charge is 2.34. The first kappa shape index (κ1) is 18.7. The van der Waals surface area contributed by atoms with E-state index in [1.165, 1.54) is 16.1 Å². The summed E-state index contributed by atoms with van der Waals surface area (Å²) in [4.78, 5) is 28.5. The predicted octanol–water partition coefficient (Wildman–Crippen LogP) is -1.81. The molecule has 0 spiro atoms. The highest BCUT2D eigenvalue weighted by atomic mass is 32.2. The molecule has 0 radical (unpaired) electrons. The van der Waals surface area contributed by atoms with Crippen molar-refractivity contribution in [1.82, 2.24) is 14.3 Å². The molecule has 0 atom stereocenters. The number of H-pyrrole nitrogens is 2. The van der Waals surface area contributed by atoms with Gasteiger partial charge in [-0.15, -0.1) is 0 Å². The summed E-state index contributed by atoms with van der Waals surface area (Å²) in [6.07, 6.45) is 0. The third-order valence-corrected chi connectivity index (χ3v) is 7.05. The number of fused-ring (bicyclic) bond motifs is 1. The van der Waals surface area contributed by atoms with Gasteiger partial charge in [-0.3, -0.25) is 9.78 Å². The Morgan fingerprint density at radius 2 is 1.82 bits per heavy atom. The van der Waals surface area contributed by atoms with Gasteiger partial charge in [-0.05, 0) is 25.1 Å². The third kappa shape index (κ3) is 3.43. The second-order valence-corrected chi connectivity index (χ2v) is 8.76. The van der Waals surface area contributed by atoms with Gasteiger partial charge in [-0.25, -0.2) is 13.2 Å². The van der Waals surface area contributed by atoms with E-state index >= 15 is 0 Å². The van der Waals surface area contributed by atoms with Gasteiger partial charge >= 0.3 is 5.69 Å². The average Bonchev–Trinajstić information content (AvgIpc) is 3.09. The van der Waals surface area contributed by atoms with Crippen molar-refractivity contribution in [3.63, 3.8) is 0 Å². The number of benzene rings is 1. The molecule has 1 fully saturated rings. The van der Waals surface area contributed by atoms with Gasteiger partial charge in [0.1, 0.15) is 6.54 Å². The molecule has 0 bridgehead atoms. The first-order valence-electron chi connectivity index (χ1n) is 8.90. The summed E-state index contributed by atoms with van der Waals surface area (Å²) in [5.74, 6) is 1.46. The van der Waals surface area contributed by atoms with Gasteiger partial charge in [0.15, 0.2) is 16.4 Å². The van der Waals surface area contributed by atoms with Crippen LogP contribution in [0.2, 0.25) is 0 Å². The Bertz CT molecular complexity index is 1120. The molecule has 2 aliphatic rings. The van der Waals surface area contributed by atoms with E-state index in [9.17, 15) is 18.0 Å². The first-order chi connectivity index (χ1) is 13.3. The number of rotatable bonds is 4. The minimum atomic E-state index is -3.97. The number of ether oxygens (including phenoxy) is 2. The van der Waals surface area contributed by atoms with E-state index in [4.69, 9.17) is 9.47 Å². The molecule has 2 aromatic rings. The summed E-state index contributed by atoms with van der Waals surface area (Å²) in [5, 5.41) is 0. The van der Waals surface area contributed by atoms with Crippen LogP contribution in [0.3, 0.4) is 0 Å². The van der Waals surface area contributed by atoms with Crippen molar-refractivity contribution in [2.24, 2.45) is 0 Å². The number of aromatic amines is 2. The zero-order chi connectivity index (χ0) is 19.9. The molecule has 10 nitrogen and oxygen atoms in total. The highest BCUT2D eigenvalue weighted by molar-refractivity contribution is 7.89. The molecule has 150 valence electrons. The first-order valence-corrected chi connectivity index (χ1v) is 10.3. The molecular weight excluding hydrogens is 388 g/mol. The lowest BCUT2D eigenvalue weighted by Gasteiger charge is -2.31. The van der Waals surface area contributed by atoms with Crippen LogP contribution in [0.5, 0.6) is 11.5 Å². The molecule has 0 unspecified atom stereocenters. The fourth-order valence-corrected chi connectivity index (χ4v) is 5.23. The van der Waals surface area contributed by atoms with Crippen LogP contribution >= 0.6 is 0 Å². The van der Waals surface area contributed by atoms with Crippen molar-refractivity contribution in [1.29, 1.82) is 0 Å². The number of aromatic nitrogens is 2. The molecule has 11 heteroatoms. The molecular formula is C17H21N4O6S+. The molecule has 1 saturated heterocycles. The second kappa shape index (κ2) is 7.08. The Morgan fingerprint density at radius 3 is 2.54 bits per heavy atom. The van der Waals surface area contributed by atoms with Gasteiger partial charge in [-0.2, -0.15) is 4.31 Å². The molecule has 0 amide bonds. The van der Waals surface area contributed by atoms with Gasteiger partial charge in [-0.1, -0.05) is 0 Å². The Morgan fingerprint density at radius 1 is 1.11 bits per heavy atom. The zero-order valence-electron chi connectivity index (χ0n) is 15.3. The number of piperazine rings is 1. The number of hydrogen-bond donors (Lipinski definition) is 3. The van der Waals surface area contributed by atoms with Crippen molar-refractivity contribution in [3.05, 3.63) is 50.3 Å². The SMILES string of the molecule is Cc1[nH]c(=O)[nH]c(=O)c1S(=O)(=O)N1CC[NH+](Cc2ccc3c(c2)OCO3)CC1. The number of hydrogen-bond acceptors (Lipinski definition) is 6. The van der Waals surface area contributed by atoms with Crippen LogP contribution in [0.4, 0.5) is 0 Å². The van der Waals surface area contributed by atoms with Crippen molar-refractivity contribution < 1.29 is 22.8 Å². The zero-order valence-corrected chi connectivity index (χ0v) is 16.1. The summed E-state index contributed by atoms with van der Waals surface area (Å²) in [6.45, 7) is 4.17. The van der Waals surface area contributed by atoms with Gasteiger partial charge in [0.2, 0.25) is 6.79 Å². The van der Waals surface area contributed by atoms with Crippen LogP contribution in [0, 0.1) is 6.92 Å². The van der Waals surface area contributed by atoms with Gasteiger partial charge in [0.25, 0.3) is 15.6 Å². The minimum absolute atomic E-state index is 0.0453. The summed E-state index contributed by atoms with van der Waals surface area (Å²) < 4.78 is 37.8. The lowest BCUT2D eigenvalue weighted by Crippen LogP contribution is -3.13. The van der Waals surface area contributed by atoms with E-state index in [1.807, 2.05) is 23.2 Å². The van der Waals surface area contributed by atoms with Crippen molar-refractivity contribution in [2.75, 3.05) is 33.0 Å². The molecule has 1 aromatic carbocycles. The quantitative estimate of drug-likeness (QED) is 0.547. The molecule has 3 N–H and O–H groups in total. The normalized spacial score (nSPS) is 17.8. The molecule has 3 heterocycles. The smallest absolute Gasteiger partial charge is 0.325 e. The second-order valence-electron chi connectivity index (χ2n) is 6.88. The Balaban J connectivity index is 1.45. The lowest BCUT2D eigenvalue weighted by molar-refractivity contribution is -0.917. The molecule has 0 saturated carbocycles. The lowest BCUT2D eigenvalue weighted by atomic mass is 10.2. The minimum Gasteiger partial charge on any atom is -0.454 e. The Labute approximate surface area is 160 Å². The molecule has 1 aromatic heterocycles. The Kier molecular flexibility index (Phi) is 4.73. The molecule has 28 heavy (non-hydrogen) atoms. The fraction of sp³-hybridized carbons (Fsp3) is 0.412. The van der Waals surface area contributed by atoms with Crippen LogP contribution in [0.25, 0.3) is 0 Å². The maximum Gasteiger partial charge on any atom is 0.325 e. The van der Waals surface area contributed by atoms with E-state index in [0.717, 1.165) is 23.6 Å². The fourth-order valence-electron chi connectivity index (χ4n) is 3.59. The van der Waals surface area contributed by atoms with E-state index in [-0.39, 0.29) is 12.5 Å². The van der Waals surface area contributed by atoms with E-state index in [0.29, 0.717) is 26.2 Å². The average molecular weight is 409 g/mol.